The molecule has 1 heterocycles. The molecule has 0 bridgehead atoms. The molecule has 2 nitrogen and oxygen atoms in total. The standard InChI is InChI=1S/C14H22N2/c1-3-9-16(2)10-8-12-11-15-14-7-5-4-6-13(12)14/h4-7,12,15H,3,8-11H2,1-2H3. The minimum atomic E-state index is 0.704. The Balaban J connectivity index is 1.88. The van der Waals surface area contributed by atoms with E-state index in [1.165, 1.54) is 37.2 Å². The van der Waals surface area contributed by atoms with E-state index >= 15 is 0 Å². The van der Waals surface area contributed by atoms with Gasteiger partial charge in [0.25, 0.3) is 0 Å². The lowest BCUT2D eigenvalue weighted by atomic mass is 9.98. The van der Waals surface area contributed by atoms with Crippen LogP contribution in [0.1, 0.15) is 31.2 Å². The second-order valence-electron chi connectivity index (χ2n) is 4.76. The largest absolute Gasteiger partial charge is 0.384 e. The van der Waals surface area contributed by atoms with Gasteiger partial charge in [-0.1, -0.05) is 25.1 Å². The molecule has 88 valence electrons. The average Bonchev–Trinajstić information content (AvgIpc) is 2.70. The SMILES string of the molecule is CCCN(C)CCC1CNc2ccccc21. The summed E-state index contributed by atoms with van der Waals surface area (Å²) in [5.41, 5.74) is 2.85. The number of hydrogen-bond donors (Lipinski definition) is 1. The molecule has 1 aromatic carbocycles. The molecule has 2 rings (SSSR count). The van der Waals surface area contributed by atoms with E-state index in [1.807, 2.05) is 0 Å². The summed E-state index contributed by atoms with van der Waals surface area (Å²) in [6.07, 6.45) is 2.51. The molecular weight excluding hydrogens is 196 g/mol. The highest BCUT2D eigenvalue weighted by Gasteiger charge is 2.21. The summed E-state index contributed by atoms with van der Waals surface area (Å²) in [7, 11) is 2.22. The predicted molar refractivity (Wildman–Crippen MR) is 70.1 cm³/mol. The lowest BCUT2D eigenvalue weighted by molar-refractivity contribution is 0.321. The van der Waals surface area contributed by atoms with Crippen LogP contribution in [0.15, 0.2) is 24.3 Å². The Hall–Kier alpha value is -1.02. The molecule has 0 amide bonds. The van der Waals surface area contributed by atoms with Crippen LogP contribution < -0.4 is 5.32 Å². The maximum Gasteiger partial charge on any atom is 0.0376 e. The molecule has 1 aliphatic heterocycles. The van der Waals surface area contributed by atoms with Crippen LogP contribution in [0.4, 0.5) is 5.69 Å². The summed E-state index contributed by atoms with van der Waals surface area (Å²) in [5.74, 6) is 0.704. The number of benzene rings is 1. The predicted octanol–water partition coefficient (Wildman–Crippen LogP) is 2.93. The van der Waals surface area contributed by atoms with Gasteiger partial charge in [0.05, 0.1) is 0 Å². The van der Waals surface area contributed by atoms with Crippen molar-refractivity contribution in [2.45, 2.75) is 25.7 Å². The number of rotatable bonds is 5. The van der Waals surface area contributed by atoms with Crippen molar-refractivity contribution in [3.8, 4) is 0 Å². The van der Waals surface area contributed by atoms with Crippen LogP contribution in [0.5, 0.6) is 0 Å². The first-order valence-corrected chi connectivity index (χ1v) is 6.32. The topological polar surface area (TPSA) is 15.3 Å². The van der Waals surface area contributed by atoms with Gasteiger partial charge in [-0.05, 0) is 44.6 Å². The van der Waals surface area contributed by atoms with E-state index in [1.54, 1.807) is 0 Å². The highest BCUT2D eigenvalue weighted by molar-refractivity contribution is 5.57. The van der Waals surface area contributed by atoms with Gasteiger partial charge in [-0.3, -0.25) is 0 Å². The van der Waals surface area contributed by atoms with E-state index in [4.69, 9.17) is 0 Å². The molecule has 1 atom stereocenters. The molecule has 1 aromatic rings. The summed E-state index contributed by atoms with van der Waals surface area (Å²) in [5, 5.41) is 3.49. The Morgan fingerprint density at radius 2 is 2.12 bits per heavy atom. The van der Waals surface area contributed by atoms with E-state index in [-0.39, 0.29) is 0 Å². The van der Waals surface area contributed by atoms with Crippen molar-refractivity contribution in [1.82, 2.24) is 4.90 Å². The third-order valence-corrected chi connectivity index (χ3v) is 3.40. The van der Waals surface area contributed by atoms with Gasteiger partial charge in [0, 0.05) is 18.2 Å². The van der Waals surface area contributed by atoms with Crippen molar-refractivity contribution < 1.29 is 0 Å². The second kappa shape index (κ2) is 5.35. The van der Waals surface area contributed by atoms with E-state index < -0.39 is 0 Å². The first-order chi connectivity index (χ1) is 7.81. The molecule has 0 saturated carbocycles. The van der Waals surface area contributed by atoms with Gasteiger partial charge in [-0.25, -0.2) is 0 Å². The highest BCUT2D eigenvalue weighted by atomic mass is 15.1. The van der Waals surface area contributed by atoms with Crippen molar-refractivity contribution in [2.24, 2.45) is 0 Å². The molecule has 0 spiro atoms. The molecule has 1 aliphatic rings. The molecule has 0 fully saturated rings. The average molecular weight is 218 g/mol. The van der Waals surface area contributed by atoms with Gasteiger partial charge < -0.3 is 10.2 Å². The first-order valence-electron chi connectivity index (χ1n) is 6.32. The molecule has 1 N–H and O–H groups in total. The van der Waals surface area contributed by atoms with Crippen LogP contribution in [-0.2, 0) is 0 Å². The van der Waals surface area contributed by atoms with Gasteiger partial charge in [0.2, 0.25) is 0 Å². The van der Waals surface area contributed by atoms with Gasteiger partial charge in [-0.2, -0.15) is 0 Å². The molecule has 0 saturated heterocycles. The zero-order chi connectivity index (χ0) is 11.4. The first kappa shape index (κ1) is 11.5. The number of para-hydroxylation sites is 1. The maximum atomic E-state index is 3.49. The van der Waals surface area contributed by atoms with Crippen molar-refractivity contribution in [3.05, 3.63) is 29.8 Å². The van der Waals surface area contributed by atoms with Crippen LogP contribution in [0, 0.1) is 0 Å². The summed E-state index contributed by atoms with van der Waals surface area (Å²) in [4.78, 5) is 2.43. The zero-order valence-corrected chi connectivity index (χ0v) is 10.4. The zero-order valence-electron chi connectivity index (χ0n) is 10.4. The highest BCUT2D eigenvalue weighted by Crippen LogP contribution is 2.33. The Morgan fingerprint density at radius 1 is 1.31 bits per heavy atom. The smallest absolute Gasteiger partial charge is 0.0376 e. The van der Waals surface area contributed by atoms with Gasteiger partial charge in [0.1, 0.15) is 0 Å². The van der Waals surface area contributed by atoms with Crippen LogP contribution in [-0.4, -0.2) is 31.6 Å². The molecule has 2 heteroatoms. The Labute approximate surface area is 98.7 Å². The van der Waals surface area contributed by atoms with E-state index in [0.717, 1.165) is 6.54 Å². The van der Waals surface area contributed by atoms with Gasteiger partial charge in [0.15, 0.2) is 0 Å². The number of nitrogens with zero attached hydrogens (tertiary/aromatic N) is 1. The number of nitrogens with one attached hydrogen (secondary N) is 1. The molecular formula is C14H22N2. The quantitative estimate of drug-likeness (QED) is 0.817. The maximum absolute atomic E-state index is 3.49. The molecule has 1 unspecified atom stereocenters. The number of anilines is 1. The van der Waals surface area contributed by atoms with Crippen LogP contribution >= 0.6 is 0 Å². The summed E-state index contributed by atoms with van der Waals surface area (Å²) >= 11 is 0. The van der Waals surface area contributed by atoms with Crippen LogP contribution in [0.25, 0.3) is 0 Å². The fourth-order valence-corrected chi connectivity index (χ4v) is 2.48. The molecule has 0 aromatic heterocycles. The van der Waals surface area contributed by atoms with E-state index in [2.05, 4.69) is 48.5 Å². The molecule has 0 aliphatic carbocycles. The Bertz CT molecular complexity index is 335. The number of fused-ring (bicyclic) bond motifs is 1. The minimum Gasteiger partial charge on any atom is -0.384 e. The monoisotopic (exact) mass is 218 g/mol. The van der Waals surface area contributed by atoms with Gasteiger partial charge in [-0.15, -0.1) is 0 Å². The Kier molecular flexibility index (Phi) is 3.83. The second-order valence-corrected chi connectivity index (χ2v) is 4.76. The molecule has 16 heavy (non-hydrogen) atoms. The fraction of sp³-hybridized carbons (Fsp3) is 0.571. The number of hydrogen-bond acceptors (Lipinski definition) is 2. The van der Waals surface area contributed by atoms with Crippen molar-refractivity contribution >= 4 is 5.69 Å². The third kappa shape index (κ3) is 2.56. The third-order valence-electron chi connectivity index (χ3n) is 3.40. The normalized spacial score (nSPS) is 18.6. The summed E-state index contributed by atoms with van der Waals surface area (Å²) in [6, 6.07) is 8.71. The Morgan fingerprint density at radius 3 is 2.94 bits per heavy atom. The van der Waals surface area contributed by atoms with E-state index in [0.29, 0.717) is 5.92 Å². The van der Waals surface area contributed by atoms with Crippen molar-refractivity contribution in [3.63, 3.8) is 0 Å². The lowest BCUT2D eigenvalue weighted by Gasteiger charge is -2.18. The van der Waals surface area contributed by atoms with Crippen LogP contribution in [0.3, 0.4) is 0 Å². The summed E-state index contributed by atoms with van der Waals surface area (Å²) < 4.78 is 0. The van der Waals surface area contributed by atoms with Crippen molar-refractivity contribution in [1.29, 1.82) is 0 Å². The summed E-state index contributed by atoms with van der Waals surface area (Å²) in [6.45, 7) is 5.76. The van der Waals surface area contributed by atoms with Crippen LogP contribution in [0.2, 0.25) is 0 Å². The van der Waals surface area contributed by atoms with E-state index in [9.17, 15) is 0 Å². The lowest BCUT2D eigenvalue weighted by Crippen LogP contribution is -2.22. The fourth-order valence-electron chi connectivity index (χ4n) is 2.48. The minimum absolute atomic E-state index is 0.704. The van der Waals surface area contributed by atoms with Gasteiger partial charge >= 0.3 is 0 Å². The van der Waals surface area contributed by atoms with Crippen molar-refractivity contribution in [2.75, 3.05) is 32.0 Å². The molecule has 0 radical (unpaired) electrons.